The van der Waals surface area contributed by atoms with Crippen molar-refractivity contribution in [3.8, 4) is 0 Å². The molecular formula is C14H16BrFN4. The standard InChI is InChI=1S/C14H16BrFN4/c1-3-6-17-13-9(2)14(19-8-18-13)20-12-7-10(15)4-5-11(12)16/h4-5,7-8H,3,6H2,1-2H3,(H2,17,18,19,20). The molecule has 0 bridgehead atoms. The van der Waals surface area contributed by atoms with Crippen molar-refractivity contribution in [1.29, 1.82) is 0 Å². The maximum Gasteiger partial charge on any atom is 0.146 e. The average Bonchev–Trinajstić information content (AvgIpc) is 2.44. The SMILES string of the molecule is CCCNc1ncnc(Nc2cc(Br)ccc2F)c1C. The van der Waals surface area contributed by atoms with Crippen LogP contribution < -0.4 is 10.6 Å². The Kier molecular flexibility index (Phi) is 4.89. The van der Waals surface area contributed by atoms with Crippen molar-refractivity contribution >= 4 is 33.3 Å². The van der Waals surface area contributed by atoms with Crippen molar-refractivity contribution in [3.63, 3.8) is 0 Å². The first-order chi connectivity index (χ1) is 9.61. The van der Waals surface area contributed by atoms with E-state index in [1.807, 2.05) is 6.92 Å². The van der Waals surface area contributed by atoms with Crippen molar-refractivity contribution in [3.05, 3.63) is 40.4 Å². The van der Waals surface area contributed by atoms with Crippen LogP contribution in [0.4, 0.5) is 21.7 Å². The Bertz CT molecular complexity index is 604. The van der Waals surface area contributed by atoms with Gasteiger partial charge in [-0.15, -0.1) is 0 Å². The maximum atomic E-state index is 13.7. The molecule has 0 radical (unpaired) electrons. The smallest absolute Gasteiger partial charge is 0.146 e. The van der Waals surface area contributed by atoms with Gasteiger partial charge in [-0.25, -0.2) is 14.4 Å². The summed E-state index contributed by atoms with van der Waals surface area (Å²) in [5, 5.41) is 6.22. The molecule has 0 spiro atoms. The molecule has 0 fully saturated rings. The van der Waals surface area contributed by atoms with Crippen LogP contribution in [0.2, 0.25) is 0 Å². The number of aromatic nitrogens is 2. The zero-order valence-corrected chi connectivity index (χ0v) is 13.0. The number of hydrogen-bond acceptors (Lipinski definition) is 4. The number of halogens is 2. The number of rotatable bonds is 5. The summed E-state index contributed by atoms with van der Waals surface area (Å²) in [6.07, 6.45) is 2.47. The molecule has 0 amide bonds. The minimum Gasteiger partial charge on any atom is -0.370 e. The molecule has 1 aromatic heterocycles. The van der Waals surface area contributed by atoms with Crippen LogP contribution in [0.1, 0.15) is 18.9 Å². The van der Waals surface area contributed by atoms with Gasteiger partial charge >= 0.3 is 0 Å². The van der Waals surface area contributed by atoms with E-state index in [9.17, 15) is 4.39 Å². The predicted molar refractivity (Wildman–Crippen MR) is 82.9 cm³/mol. The lowest BCUT2D eigenvalue weighted by Crippen LogP contribution is -2.07. The molecule has 0 saturated heterocycles. The third-order valence-corrected chi connectivity index (χ3v) is 3.30. The van der Waals surface area contributed by atoms with Crippen molar-refractivity contribution < 1.29 is 4.39 Å². The second kappa shape index (κ2) is 6.65. The molecule has 0 saturated carbocycles. The molecule has 2 N–H and O–H groups in total. The highest BCUT2D eigenvalue weighted by molar-refractivity contribution is 9.10. The van der Waals surface area contributed by atoms with Crippen LogP contribution in [0.25, 0.3) is 0 Å². The first-order valence-corrected chi connectivity index (χ1v) is 7.18. The molecule has 0 unspecified atom stereocenters. The molecule has 1 heterocycles. The number of nitrogens with zero attached hydrogens (tertiary/aromatic N) is 2. The number of nitrogens with one attached hydrogen (secondary N) is 2. The monoisotopic (exact) mass is 338 g/mol. The van der Waals surface area contributed by atoms with E-state index in [1.165, 1.54) is 12.4 Å². The Morgan fingerprint density at radius 3 is 2.75 bits per heavy atom. The Hall–Kier alpha value is -1.69. The second-order valence-corrected chi connectivity index (χ2v) is 5.29. The summed E-state index contributed by atoms with van der Waals surface area (Å²) >= 11 is 3.33. The average molecular weight is 339 g/mol. The van der Waals surface area contributed by atoms with Gasteiger partial charge < -0.3 is 10.6 Å². The zero-order valence-electron chi connectivity index (χ0n) is 11.4. The van der Waals surface area contributed by atoms with Crippen molar-refractivity contribution in [2.45, 2.75) is 20.3 Å². The van der Waals surface area contributed by atoms with Crippen LogP contribution in [0.15, 0.2) is 29.0 Å². The molecule has 0 aliphatic carbocycles. The summed E-state index contributed by atoms with van der Waals surface area (Å²) in [7, 11) is 0. The molecule has 4 nitrogen and oxygen atoms in total. The lowest BCUT2D eigenvalue weighted by Gasteiger charge is -2.13. The van der Waals surface area contributed by atoms with Gasteiger partial charge in [-0.3, -0.25) is 0 Å². The normalized spacial score (nSPS) is 10.4. The molecule has 1 aromatic carbocycles. The van der Waals surface area contributed by atoms with E-state index in [2.05, 4.69) is 43.5 Å². The fraction of sp³-hybridized carbons (Fsp3) is 0.286. The second-order valence-electron chi connectivity index (χ2n) is 4.37. The minimum absolute atomic E-state index is 0.325. The van der Waals surface area contributed by atoms with Crippen LogP contribution >= 0.6 is 15.9 Å². The van der Waals surface area contributed by atoms with E-state index in [0.29, 0.717) is 11.5 Å². The predicted octanol–water partition coefficient (Wildman–Crippen LogP) is 4.25. The van der Waals surface area contributed by atoms with Gasteiger partial charge in [0.05, 0.1) is 5.69 Å². The fourth-order valence-corrected chi connectivity index (χ4v) is 2.08. The molecule has 6 heteroatoms. The van der Waals surface area contributed by atoms with Gasteiger partial charge in [-0.1, -0.05) is 22.9 Å². The summed E-state index contributed by atoms with van der Waals surface area (Å²) in [4.78, 5) is 8.36. The Morgan fingerprint density at radius 2 is 2.00 bits per heavy atom. The van der Waals surface area contributed by atoms with Gasteiger partial charge in [0, 0.05) is 16.6 Å². The van der Waals surface area contributed by atoms with Crippen LogP contribution in [0.3, 0.4) is 0 Å². The van der Waals surface area contributed by atoms with Crippen LogP contribution in [0.5, 0.6) is 0 Å². The summed E-state index contributed by atoms with van der Waals surface area (Å²) in [6.45, 7) is 4.82. The van der Waals surface area contributed by atoms with Crippen LogP contribution in [0, 0.1) is 12.7 Å². The number of benzene rings is 1. The first-order valence-electron chi connectivity index (χ1n) is 6.39. The lowest BCUT2D eigenvalue weighted by molar-refractivity contribution is 0.631. The van der Waals surface area contributed by atoms with Gasteiger partial charge in [0.25, 0.3) is 0 Å². The molecule has 2 aromatic rings. The van der Waals surface area contributed by atoms with E-state index < -0.39 is 0 Å². The van der Waals surface area contributed by atoms with E-state index in [0.717, 1.165) is 28.8 Å². The molecule has 0 aliphatic heterocycles. The summed E-state index contributed by atoms with van der Waals surface area (Å²) in [5.41, 5.74) is 1.24. The summed E-state index contributed by atoms with van der Waals surface area (Å²) < 4.78 is 14.6. The molecular weight excluding hydrogens is 323 g/mol. The van der Waals surface area contributed by atoms with E-state index >= 15 is 0 Å². The molecule has 0 aliphatic rings. The third-order valence-electron chi connectivity index (χ3n) is 2.81. The number of hydrogen-bond donors (Lipinski definition) is 2. The molecule has 0 atom stereocenters. The Labute approximate surface area is 126 Å². The highest BCUT2D eigenvalue weighted by atomic mass is 79.9. The Balaban J connectivity index is 2.27. The highest BCUT2D eigenvalue weighted by Crippen LogP contribution is 2.26. The lowest BCUT2D eigenvalue weighted by atomic mass is 10.2. The van der Waals surface area contributed by atoms with Gasteiger partial charge in [0.1, 0.15) is 23.8 Å². The zero-order chi connectivity index (χ0) is 14.5. The van der Waals surface area contributed by atoms with Crippen molar-refractivity contribution in [1.82, 2.24) is 9.97 Å². The van der Waals surface area contributed by atoms with Gasteiger partial charge in [-0.2, -0.15) is 0 Å². The largest absolute Gasteiger partial charge is 0.370 e. The van der Waals surface area contributed by atoms with Gasteiger partial charge in [0.15, 0.2) is 0 Å². The van der Waals surface area contributed by atoms with Crippen molar-refractivity contribution in [2.24, 2.45) is 0 Å². The molecule has 106 valence electrons. The van der Waals surface area contributed by atoms with E-state index in [4.69, 9.17) is 0 Å². The maximum absolute atomic E-state index is 13.7. The topological polar surface area (TPSA) is 49.8 Å². The van der Waals surface area contributed by atoms with Gasteiger partial charge in [-0.05, 0) is 31.5 Å². The molecule has 20 heavy (non-hydrogen) atoms. The highest BCUT2D eigenvalue weighted by Gasteiger charge is 2.09. The third kappa shape index (κ3) is 3.45. The fourth-order valence-electron chi connectivity index (χ4n) is 1.72. The van der Waals surface area contributed by atoms with Gasteiger partial charge in [0.2, 0.25) is 0 Å². The van der Waals surface area contributed by atoms with E-state index in [1.54, 1.807) is 12.1 Å². The molecule has 2 rings (SSSR count). The first kappa shape index (κ1) is 14.7. The Morgan fingerprint density at radius 1 is 1.25 bits per heavy atom. The van der Waals surface area contributed by atoms with Crippen LogP contribution in [-0.4, -0.2) is 16.5 Å². The number of anilines is 3. The minimum atomic E-state index is -0.325. The summed E-state index contributed by atoms with van der Waals surface area (Å²) in [6, 6.07) is 4.73. The quantitative estimate of drug-likeness (QED) is 0.855. The van der Waals surface area contributed by atoms with Crippen LogP contribution in [-0.2, 0) is 0 Å². The summed E-state index contributed by atoms with van der Waals surface area (Å²) in [5.74, 6) is 1.03. The van der Waals surface area contributed by atoms with Crippen molar-refractivity contribution in [2.75, 3.05) is 17.2 Å². The van der Waals surface area contributed by atoms with E-state index in [-0.39, 0.29) is 5.82 Å².